The van der Waals surface area contributed by atoms with Crippen molar-refractivity contribution in [2.24, 2.45) is 0 Å². The second kappa shape index (κ2) is 12.2. The molecule has 0 bridgehead atoms. The summed E-state index contributed by atoms with van der Waals surface area (Å²) < 4.78 is 7.02. The molecule has 0 amide bonds. The van der Waals surface area contributed by atoms with Crippen molar-refractivity contribution in [1.29, 1.82) is 0 Å². The molecule has 0 radical (unpaired) electrons. The van der Waals surface area contributed by atoms with Crippen molar-refractivity contribution in [2.75, 3.05) is 4.90 Å². The second-order valence-electron chi connectivity index (χ2n) is 16.5. The molecule has 2 nitrogen and oxygen atoms in total. The Hall–Kier alpha value is -7.16. The highest BCUT2D eigenvalue weighted by atomic mass is 16.5. The first-order chi connectivity index (χ1) is 28.5. The van der Waals surface area contributed by atoms with Crippen LogP contribution in [0.5, 0.6) is 11.5 Å². The summed E-state index contributed by atoms with van der Waals surface area (Å²) >= 11 is 0. The molecule has 1 aliphatic heterocycles. The minimum atomic E-state index is -0.597. The van der Waals surface area contributed by atoms with Crippen LogP contribution in [-0.4, -0.2) is 0 Å². The van der Waals surface area contributed by atoms with Gasteiger partial charge in [-0.05, 0) is 121 Å². The van der Waals surface area contributed by atoms with Crippen molar-refractivity contribution in [2.45, 2.75) is 24.7 Å². The fourth-order valence-corrected chi connectivity index (χ4v) is 10.4. The Bertz CT molecular complexity index is 3080. The highest BCUT2D eigenvalue weighted by Gasteiger charge is 2.51. The van der Waals surface area contributed by atoms with E-state index in [4.69, 9.17) is 4.74 Å². The molecule has 58 heavy (non-hydrogen) atoms. The Morgan fingerprint density at radius 1 is 0.345 bits per heavy atom. The van der Waals surface area contributed by atoms with Crippen LogP contribution in [0.25, 0.3) is 44.2 Å². The van der Waals surface area contributed by atoms with Gasteiger partial charge in [-0.2, -0.15) is 0 Å². The Kier molecular flexibility index (Phi) is 6.93. The first kappa shape index (κ1) is 33.0. The van der Waals surface area contributed by atoms with Crippen molar-refractivity contribution in [3.8, 4) is 44.9 Å². The minimum absolute atomic E-state index is 0.137. The fourth-order valence-electron chi connectivity index (χ4n) is 10.4. The van der Waals surface area contributed by atoms with Gasteiger partial charge in [-0.15, -0.1) is 0 Å². The van der Waals surface area contributed by atoms with Crippen LogP contribution in [0.15, 0.2) is 200 Å². The molecule has 0 N–H and O–H groups in total. The highest BCUT2D eigenvalue weighted by molar-refractivity contribution is 5.94. The lowest BCUT2D eigenvalue weighted by Crippen LogP contribution is -2.32. The Morgan fingerprint density at radius 3 is 1.52 bits per heavy atom. The minimum Gasteiger partial charge on any atom is -0.457 e. The number of rotatable bonds is 4. The van der Waals surface area contributed by atoms with Crippen LogP contribution in [0, 0.1) is 0 Å². The predicted molar refractivity (Wildman–Crippen MR) is 239 cm³/mol. The summed E-state index contributed by atoms with van der Waals surface area (Å²) in [5.41, 5.74) is 17.7. The van der Waals surface area contributed by atoms with Gasteiger partial charge in [0, 0.05) is 33.6 Å². The van der Waals surface area contributed by atoms with Crippen molar-refractivity contribution < 1.29 is 4.74 Å². The molecule has 3 aliphatic rings. The summed E-state index contributed by atoms with van der Waals surface area (Å²) in [6.07, 6.45) is 0. The molecule has 0 saturated carbocycles. The van der Waals surface area contributed by atoms with E-state index in [1.165, 1.54) is 72.0 Å². The van der Waals surface area contributed by atoms with Crippen LogP contribution in [0.3, 0.4) is 0 Å². The van der Waals surface area contributed by atoms with E-state index < -0.39 is 5.41 Å². The summed E-state index contributed by atoms with van der Waals surface area (Å²) in [6.45, 7) is 4.72. The first-order valence-electron chi connectivity index (χ1n) is 20.3. The standard InChI is InChI=1S/C56H39NO/c1-55(2)47-21-11-8-18-43(47)46-30-28-41(34-50(46)55)57(40-26-24-37(25-27-40)36-14-4-3-5-15-36)42-29-31-53-52(35-42)56(51-32-38-16-6-7-17-39(38)33-54(51)58-53)48-22-12-9-19-44(48)45-20-10-13-23-49(45)56/h3-35H,1-2H3. The molecule has 9 aromatic carbocycles. The number of ether oxygens (including phenoxy) is 1. The number of hydrogen-bond acceptors (Lipinski definition) is 2. The maximum atomic E-state index is 7.02. The van der Waals surface area contributed by atoms with E-state index in [1.807, 2.05) is 0 Å². The van der Waals surface area contributed by atoms with Crippen LogP contribution in [0.4, 0.5) is 17.1 Å². The highest BCUT2D eigenvalue weighted by Crippen LogP contribution is 2.63. The molecular weight excluding hydrogens is 703 g/mol. The van der Waals surface area contributed by atoms with Gasteiger partial charge in [-0.3, -0.25) is 0 Å². The number of fused-ring (bicyclic) bond motifs is 13. The maximum Gasteiger partial charge on any atom is 0.132 e. The van der Waals surface area contributed by atoms with Gasteiger partial charge in [-0.1, -0.05) is 159 Å². The third-order valence-electron chi connectivity index (χ3n) is 13.1. The van der Waals surface area contributed by atoms with E-state index in [-0.39, 0.29) is 5.41 Å². The molecule has 2 heteroatoms. The SMILES string of the molecule is CC1(C)c2ccccc2-c2ccc(N(c3ccc(-c4ccccc4)cc3)c3ccc4c(c3)C3(c5cc6ccccc6cc5O4)c4ccccc4-c4ccccc43)cc21. The predicted octanol–water partition coefficient (Wildman–Crippen LogP) is 14.8. The van der Waals surface area contributed by atoms with Crippen molar-refractivity contribution >= 4 is 27.8 Å². The van der Waals surface area contributed by atoms with Gasteiger partial charge < -0.3 is 9.64 Å². The molecule has 0 unspecified atom stereocenters. The number of benzene rings is 9. The van der Waals surface area contributed by atoms with Crippen LogP contribution in [0.2, 0.25) is 0 Å². The zero-order chi connectivity index (χ0) is 38.6. The molecule has 2 aliphatic carbocycles. The number of hydrogen-bond donors (Lipinski definition) is 0. The Labute approximate surface area is 339 Å². The molecule has 12 rings (SSSR count). The van der Waals surface area contributed by atoms with Gasteiger partial charge in [-0.25, -0.2) is 0 Å². The van der Waals surface area contributed by atoms with Gasteiger partial charge in [0.2, 0.25) is 0 Å². The smallest absolute Gasteiger partial charge is 0.132 e. The van der Waals surface area contributed by atoms with Crippen LogP contribution < -0.4 is 9.64 Å². The molecule has 9 aromatic rings. The van der Waals surface area contributed by atoms with Crippen LogP contribution in [-0.2, 0) is 10.8 Å². The summed E-state index contributed by atoms with van der Waals surface area (Å²) in [7, 11) is 0. The van der Waals surface area contributed by atoms with Gasteiger partial charge in [0.15, 0.2) is 0 Å². The maximum absolute atomic E-state index is 7.02. The third-order valence-corrected chi connectivity index (χ3v) is 13.1. The quantitative estimate of drug-likeness (QED) is 0.178. The first-order valence-corrected chi connectivity index (χ1v) is 20.3. The van der Waals surface area contributed by atoms with E-state index in [0.29, 0.717) is 0 Å². The molecule has 274 valence electrons. The zero-order valence-electron chi connectivity index (χ0n) is 32.4. The number of nitrogens with zero attached hydrogens (tertiary/aromatic N) is 1. The summed E-state index contributed by atoms with van der Waals surface area (Å²) in [6, 6.07) is 73.6. The van der Waals surface area contributed by atoms with Crippen LogP contribution in [0.1, 0.15) is 47.2 Å². The van der Waals surface area contributed by atoms with E-state index in [0.717, 1.165) is 34.1 Å². The molecule has 0 saturated heterocycles. The molecule has 1 spiro atoms. The summed E-state index contributed by atoms with van der Waals surface area (Å²) in [5, 5.41) is 2.37. The third kappa shape index (κ3) is 4.54. The van der Waals surface area contributed by atoms with E-state index >= 15 is 0 Å². The average Bonchev–Trinajstić information content (AvgIpc) is 3.69. The average molecular weight is 742 g/mol. The van der Waals surface area contributed by atoms with Gasteiger partial charge >= 0.3 is 0 Å². The lowest BCUT2D eigenvalue weighted by Gasteiger charge is -2.40. The Balaban J connectivity index is 1.11. The Morgan fingerprint density at radius 2 is 0.828 bits per heavy atom. The van der Waals surface area contributed by atoms with E-state index in [2.05, 4.69) is 219 Å². The largest absolute Gasteiger partial charge is 0.457 e. The monoisotopic (exact) mass is 741 g/mol. The molecular formula is C56H39NO. The lowest BCUT2D eigenvalue weighted by atomic mass is 9.65. The van der Waals surface area contributed by atoms with Crippen molar-refractivity contribution in [3.63, 3.8) is 0 Å². The van der Waals surface area contributed by atoms with Gasteiger partial charge in [0.25, 0.3) is 0 Å². The van der Waals surface area contributed by atoms with Crippen molar-refractivity contribution in [1.82, 2.24) is 0 Å². The summed E-state index contributed by atoms with van der Waals surface area (Å²) in [4.78, 5) is 2.44. The van der Waals surface area contributed by atoms with Crippen molar-refractivity contribution in [3.05, 3.63) is 234 Å². The lowest BCUT2D eigenvalue weighted by molar-refractivity contribution is 0.437. The second-order valence-corrected chi connectivity index (χ2v) is 16.5. The normalized spacial score (nSPS) is 14.4. The van der Waals surface area contributed by atoms with E-state index in [9.17, 15) is 0 Å². The van der Waals surface area contributed by atoms with Gasteiger partial charge in [0.05, 0.1) is 5.41 Å². The topological polar surface area (TPSA) is 12.5 Å². The van der Waals surface area contributed by atoms with E-state index in [1.54, 1.807) is 0 Å². The zero-order valence-corrected chi connectivity index (χ0v) is 32.4. The summed E-state index contributed by atoms with van der Waals surface area (Å²) in [5.74, 6) is 1.78. The van der Waals surface area contributed by atoms with Gasteiger partial charge in [0.1, 0.15) is 11.5 Å². The molecule has 0 aromatic heterocycles. The molecule has 0 atom stereocenters. The fraction of sp³-hybridized carbons (Fsp3) is 0.0714. The molecule has 0 fully saturated rings. The molecule has 1 heterocycles. The number of anilines is 3. The van der Waals surface area contributed by atoms with Crippen LogP contribution >= 0.6 is 0 Å².